The highest BCUT2D eigenvalue weighted by atomic mass is 16.3. The Morgan fingerprint density at radius 3 is 2.69 bits per heavy atom. The zero-order valence-electron chi connectivity index (χ0n) is 8.79. The highest BCUT2D eigenvalue weighted by Crippen LogP contribution is 2.43. The third-order valence-corrected chi connectivity index (χ3v) is 3.81. The molecule has 1 fully saturated rings. The van der Waals surface area contributed by atoms with Gasteiger partial charge < -0.3 is 9.90 Å². The van der Waals surface area contributed by atoms with Gasteiger partial charge in [0, 0.05) is 6.42 Å². The second-order valence-corrected chi connectivity index (χ2v) is 4.73. The summed E-state index contributed by atoms with van der Waals surface area (Å²) >= 11 is 0. The molecule has 1 rings (SSSR count). The highest BCUT2D eigenvalue weighted by Gasteiger charge is 2.42. The third kappa shape index (κ3) is 2.11. The zero-order chi connectivity index (χ0) is 10.1. The smallest absolute Gasteiger partial charge is 0.120 e. The van der Waals surface area contributed by atoms with Gasteiger partial charge >= 0.3 is 0 Å². The first-order valence-electron chi connectivity index (χ1n) is 5.15. The van der Waals surface area contributed by atoms with Gasteiger partial charge in [0.15, 0.2) is 0 Å². The Bertz CT molecular complexity index is 187. The summed E-state index contributed by atoms with van der Waals surface area (Å²) in [5, 5.41) is 9.96. The maximum atomic E-state index is 10.4. The van der Waals surface area contributed by atoms with E-state index in [1.165, 1.54) is 0 Å². The number of aliphatic hydroxyl groups is 1. The summed E-state index contributed by atoms with van der Waals surface area (Å²) in [6.45, 7) is 6.11. The summed E-state index contributed by atoms with van der Waals surface area (Å²) in [6, 6.07) is 0. The van der Waals surface area contributed by atoms with Crippen molar-refractivity contribution in [2.75, 3.05) is 0 Å². The average molecular weight is 184 g/mol. The Balaban J connectivity index is 2.59. The summed E-state index contributed by atoms with van der Waals surface area (Å²) in [6.07, 6.45) is 3.56. The van der Waals surface area contributed by atoms with Crippen molar-refractivity contribution in [2.45, 2.75) is 45.6 Å². The molecular weight excluding hydrogens is 164 g/mol. The van der Waals surface area contributed by atoms with Crippen molar-refractivity contribution in [3.8, 4) is 0 Å². The number of hydrogen-bond donors (Lipinski definition) is 1. The molecule has 0 radical (unpaired) electrons. The minimum Gasteiger partial charge on any atom is -0.390 e. The number of carbonyl (C=O) groups is 1. The average Bonchev–Trinajstić information content (AvgIpc) is 2.28. The summed E-state index contributed by atoms with van der Waals surface area (Å²) in [5.74, 6) is 1.25. The van der Waals surface area contributed by atoms with E-state index in [-0.39, 0.29) is 0 Å². The topological polar surface area (TPSA) is 37.3 Å². The fourth-order valence-electron chi connectivity index (χ4n) is 2.50. The molecule has 0 bridgehead atoms. The lowest BCUT2D eigenvalue weighted by Gasteiger charge is -2.28. The van der Waals surface area contributed by atoms with Gasteiger partial charge in [0.05, 0.1) is 5.60 Å². The lowest BCUT2D eigenvalue weighted by Crippen LogP contribution is -2.31. The van der Waals surface area contributed by atoms with Crippen LogP contribution in [-0.4, -0.2) is 17.0 Å². The Hall–Kier alpha value is -0.370. The van der Waals surface area contributed by atoms with E-state index in [2.05, 4.69) is 13.8 Å². The Morgan fingerprint density at radius 1 is 1.69 bits per heavy atom. The van der Waals surface area contributed by atoms with Crippen molar-refractivity contribution < 1.29 is 9.90 Å². The van der Waals surface area contributed by atoms with Gasteiger partial charge in [-0.05, 0) is 37.5 Å². The van der Waals surface area contributed by atoms with Crippen LogP contribution in [0.2, 0.25) is 0 Å². The van der Waals surface area contributed by atoms with E-state index in [0.717, 1.165) is 19.1 Å². The van der Waals surface area contributed by atoms with Crippen LogP contribution in [0.15, 0.2) is 0 Å². The molecule has 1 N–H and O–H groups in total. The van der Waals surface area contributed by atoms with Gasteiger partial charge in [-0.3, -0.25) is 0 Å². The standard InChI is InChI=1S/C11H20O2/c1-8(5-7-12)10-4-6-11(3,13)9(10)2/h7-10,13H,4-6H2,1-3H3. The lowest BCUT2D eigenvalue weighted by molar-refractivity contribution is -0.109. The van der Waals surface area contributed by atoms with Crippen molar-refractivity contribution in [3.63, 3.8) is 0 Å². The van der Waals surface area contributed by atoms with Crippen LogP contribution < -0.4 is 0 Å². The van der Waals surface area contributed by atoms with Crippen LogP contribution in [0, 0.1) is 17.8 Å². The van der Waals surface area contributed by atoms with Gasteiger partial charge in [-0.15, -0.1) is 0 Å². The molecule has 1 aliphatic rings. The molecule has 0 amide bonds. The van der Waals surface area contributed by atoms with Gasteiger partial charge in [0.25, 0.3) is 0 Å². The Labute approximate surface area is 80.3 Å². The molecule has 2 nitrogen and oxygen atoms in total. The molecular formula is C11H20O2. The molecule has 1 saturated carbocycles. The van der Waals surface area contributed by atoms with E-state index in [0.29, 0.717) is 24.2 Å². The molecule has 4 atom stereocenters. The van der Waals surface area contributed by atoms with Crippen LogP contribution in [0.4, 0.5) is 0 Å². The van der Waals surface area contributed by atoms with Gasteiger partial charge in [-0.2, -0.15) is 0 Å². The first-order valence-corrected chi connectivity index (χ1v) is 5.15. The summed E-state index contributed by atoms with van der Waals surface area (Å²) in [4.78, 5) is 10.4. The molecule has 0 heterocycles. The van der Waals surface area contributed by atoms with Crippen LogP contribution >= 0.6 is 0 Å². The number of rotatable bonds is 3. The first kappa shape index (κ1) is 10.7. The molecule has 0 spiro atoms. The van der Waals surface area contributed by atoms with Crippen molar-refractivity contribution >= 4 is 6.29 Å². The molecule has 13 heavy (non-hydrogen) atoms. The monoisotopic (exact) mass is 184 g/mol. The number of carbonyl (C=O) groups excluding carboxylic acids is 1. The summed E-state index contributed by atoms with van der Waals surface area (Å²) < 4.78 is 0. The minimum absolute atomic E-state index is 0.322. The van der Waals surface area contributed by atoms with Crippen LogP contribution in [0.5, 0.6) is 0 Å². The maximum Gasteiger partial charge on any atom is 0.120 e. The highest BCUT2D eigenvalue weighted by molar-refractivity contribution is 5.49. The predicted molar refractivity (Wildman–Crippen MR) is 52.4 cm³/mol. The van der Waals surface area contributed by atoms with Gasteiger partial charge in [-0.25, -0.2) is 0 Å². The Morgan fingerprint density at radius 2 is 2.31 bits per heavy atom. The molecule has 0 aromatic heterocycles. The van der Waals surface area contributed by atoms with Gasteiger partial charge in [-0.1, -0.05) is 13.8 Å². The quantitative estimate of drug-likeness (QED) is 0.681. The fraction of sp³-hybridized carbons (Fsp3) is 0.909. The molecule has 0 aromatic rings. The molecule has 1 aliphatic carbocycles. The second kappa shape index (κ2) is 3.79. The van der Waals surface area contributed by atoms with Crippen molar-refractivity contribution in [1.29, 1.82) is 0 Å². The largest absolute Gasteiger partial charge is 0.390 e. The predicted octanol–water partition coefficient (Wildman–Crippen LogP) is 2.01. The van der Waals surface area contributed by atoms with Crippen molar-refractivity contribution in [2.24, 2.45) is 17.8 Å². The lowest BCUT2D eigenvalue weighted by atomic mass is 9.81. The normalized spacial score (nSPS) is 41.8. The first-order chi connectivity index (χ1) is 5.99. The van der Waals surface area contributed by atoms with E-state index in [1.807, 2.05) is 6.92 Å². The molecule has 0 saturated heterocycles. The van der Waals surface area contributed by atoms with Crippen LogP contribution in [0.3, 0.4) is 0 Å². The number of hydrogen-bond acceptors (Lipinski definition) is 2. The number of aldehydes is 1. The molecule has 0 aromatic carbocycles. The van der Waals surface area contributed by atoms with E-state index < -0.39 is 5.60 Å². The summed E-state index contributed by atoms with van der Waals surface area (Å²) in [5.41, 5.74) is -0.512. The maximum absolute atomic E-state index is 10.4. The van der Waals surface area contributed by atoms with E-state index >= 15 is 0 Å². The SMILES string of the molecule is CC(CC=O)C1CCC(C)(O)C1C. The second-order valence-electron chi connectivity index (χ2n) is 4.73. The van der Waals surface area contributed by atoms with E-state index in [4.69, 9.17) is 0 Å². The van der Waals surface area contributed by atoms with E-state index in [1.54, 1.807) is 0 Å². The third-order valence-electron chi connectivity index (χ3n) is 3.81. The molecule has 0 aliphatic heterocycles. The fourth-order valence-corrected chi connectivity index (χ4v) is 2.50. The minimum atomic E-state index is -0.512. The molecule has 76 valence electrons. The van der Waals surface area contributed by atoms with Crippen molar-refractivity contribution in [1.82, 2.24) is 0 Å². The molecule has 2 heteroatoms. The van der Waals surface area contributed by atoms with Crippen LogP contribution in [0.1, 0.15) is 40.0 Å². The summed E-state index contributed by atoms with van der Waals surface area (Å²) in [7, 11) is 0. The van der Waals surface area contributed by atoms with Crippen molar-refractivity contribution in [3.05, 3.63) is 0 Å². The zero-order valence-corrected chi connectivity index (χ0v) is 8.79. The Kier molecular flexibility index (Phi) is 3.12. The van der Waals surface area contributed by atoms with Gasteiger partial charge in [0.1, 0.15) is 6.29 Å². The van der Waals surface area contributed by atoms with Crippen LogP contribution in [0.25, 0.3) is 0 Å². The van der Waals surface area contributed by atoms with Gasteiger partial charge in [0.2, 0.25) is 0 Å². The molecule has 4 unspecified atom stereocenters. The van der Waals surface area contributed by atoms with E-state index in [9.17, 15) is 9.90 Å². The van der Waals surface area contributed by atoms with Crippen LogP contribution in [-0.2, 0) is 4.79 Å².